The number of phenols is 3. The molecule has 0 radical (unpaired) electrons. The van der Waals surface area contributed by atoms with Crippen molar-refractivity contribution in [3.05, 3.63) is 53.1 Å². The number of aliphatic hydroxyl groups is 2. The minimum Gasteiger partial charge on any atom is -0.508 e. The highest BCUT2D eigenvalue weighted by molar-refractivity contribution is 6.06. The van der Waals surface area contributed by atoms with Crippen LogP contribution in [-0.2, 0) is 9.53 Å². The van der Waals surface area contributed by atoms with E-state index in [0.29, 0.717) is 11.1 Å². The number of ether oxygens (including phenoxy) is 3. The predicted octanol–water partition coefficient (Wildman–Crippen LogP) is 0.990. The minimum absolute atomic E-state index is 0.0452. The first-order valence-corrected chi connectivity index (χ1v) is 11.1. The van der Waals surface area contributed by atoms with Crippen LogP contribution in [0.25, 0.3) is 0 Å². The van der Waals surface area contributed by atoms with Crippen LogP contribution >= 0.6 is 0 Å². The lowest BCUT2D eigenvalue weighted by Gasteiger charge is -2.50. The number of fused-ring (bicyclic) bond motifs is 1. The fourth-order valence-electron chi connectivity index (χ4n) is 6.16. The zero-order valence-corrected chi connectivity index (χ0v) is 18.4. The normalized spacial score (nSPS) is 34.9. The van der Waals surface area contributed by atoms with E-state index in [0.717, 1.165) is 12.1 Å². The van der Waals surface area contributed by atoms with E-state index in [9.17, 15) is 35.1 Å². The lowest BCUT2D eigenvalue weighted by molar-refractivity contribution is -0.206. The fraction of sp³-hybridized carbons (Fsp3) is 0.360. The highest BCUT2D eigenvalue weighted by atomic mass is 16.6. The van der Waals surface area contributed by atoms with Crippen LogP contribution in [0, 0.1) is 17.8 Å². The maximum Gasteiger partial charge on any atom is 0.234 e. The summed E-state index contributed by atoms with van der Waals surface area (Å²) in [6.45, 7) is 0.0452. The molecule has 5 N–H and O–H groups in total. The summed E-state index contributed by atoms with van der Waals surface area (Å²) in [5, 5.41) is 52.0. The predicted molar refractivity (Wildman–Crippen MR) is 116 cm³/mol. The second kappa shape index (κ2) is 7.20. The number of Topliss-reactive ketones (excluding diaryl/α,β-unsaturated/α-hetero) is 2. The van der Waals surface area contributed by atoms with E-state index in [4.69, 9.17) is 14.2 Å². The monoisotopic (exact) mass is 482 g/mol. The lowest BCUT2D eigenvalue weighted by Crippen LogP contribution is -2.60. The van der Waals surface area contributed by atoms with Gasteiger partial charge in [-0.2, -0.15) is 0 Å². The molecular formula is C25H22O10. The van der Waals surface area contributed by atoms with Crippen molar-refractivity contribution >= 4 is 11.6 Å². The lowest BCUT2D eigenvalue weighted by atomic mass is 9.55. The quantitative estimate of drug-likeness (QED) is 0.399. The van der Waals surface area contributed by atoms with Crippen LogP contribution in [0.2, 0.25) is 0 Å². The van der Waals surface area contributed by atoms with Crippen LogP contribution < -0.4 is 9.47 Å². The molecule has 0 amide bonds. The van der Waals surface area contributed by atoms with Crippen LogP contribution in [0.1, 0.15) is 21.8 Å². The summed E-state index contributed by atoms with van der Waals surface area (Å²) in [5.74, 6) is -6.84. The summed E-state index contributed by atoms with van der Waals surface area (Å²) >= 11 is 0. The van der Waals surface area contributed by atoms with Crippen molar-refractivity contribution in [2.75, 3.05) is 13.7 Å². The number of rotatable bonds is 3. The molecule has 1 saturated carbocycles. The van der Waals surface area contributed by atoms with E-state index in [1.165, 1.54) is 13.2 Å². The molecule has 2 aromatic rings. The number of allylic oxidation sites excluding steroid dienone is 1. The number of methoxy groups -OCH3 is 1. The number of carbonyl (C=O) groups excluding carboxylic acids is 2. The molecule has 2 heterocycles. The third-order valence-corrected chi connectivity index (χ3v) is 7.62. The topological polar surface area (TPSA) is 163 Å². The van der Waals surface area contributed by atoms with Crippen molar-refractivity contribution in [3.63, 3.8) is 0 Å². The summed E-state index contributed by atoms with van der Waals surface area (Å²) in [6.07, 6.45) is -1.37. The van der Waals surface area contributed by atoms with Crippen LogP contribution in [0.4, 0.5) is 0 Å². The van der Waals surface area contributed by atoms with Gasteiger partial charge in [-0.05, 0) is 23.3 Å². The first kappa shape index (κ1) is 21.9. The van der Waals surface area contributed by atoms with Gasteiger partial charge in [0.05, 0.1) is 19.6 Å². The first-order chi connectivity index (χ1) is 16.7. The smallest absolute Gasteiger partial charge is 0.234 e. The number of phenolic OH excluding ortho intramolecular Hbond substituents is 3. The fourth-order valence-corrected chi connectivity index (χ4v) is 6.16. The maximum atomic E-state index is 13.3. The number of hydrogen-bond acceptors (Lipinski definition) is 10. The molecule has 5 aliphatic rings. The Kier molecular flexibility index (Phi) is 4.51. The summed E-state index contributed by atoms with van der Waals surface area (Å²) in [7, 11) is 1.42. The number of ketones is 2. The Labute approximate surface area is 198 Å². The molecule has 1 saturated heterocycles. The summed E-state index contributed by atoms with van der Waals surface area (Å²) in [5.41, 5.74) is 0.796. The molecule has 35 heavy (non-hydrogen) atoms. The van der Waals surface area contributed by atoms with Crippen molar-refractivity contribution in [2.24, 2.45) is 17.8 Å². The van der Waals surface area contributed by atoms with E-state index < -0.39 is 59.0 Å². The summed E-state index contributed by atoms with van der Waals surface area (Å²) < 4.78 is 16.7. The maximum absolute atomic E-state index is 13.3. The molecule has 7 atom stereocenters. The standard InChI is InChI=1S/C25H22O10/c1-33-16-4-9(2-3-14(16)27)18-11-7-12(20-13(18)8-34-25(20,32)24(11)31)23-22(30)21(29)19-15(28)5-10(26)6-17(19)35-23/h2-7,11,13,18,20,22-23,26-28,30,32H,8H2,1H3/t11-,13-,18-,20+,22+,23-,25-/m0/s1. The molecule has 2 aliphatic heterocycles. The van der Waals surface area contributed by atoms with E-state index in [2.05, 4.69) is 0 Å². The average Bonchev–Trinajstić information content (AvgIpc) is 3.14. The van der Waals surface area contributed by atoms with E-state index >= 15 is 0 Å². The summed E-state index contributed by atoms with van der Waals surface area (Å²) in [6, 6.07) is 6.91. The molecule has 3 aliphatic carbocycles. The molecule has 2 fully saturated rings. The largest absolute Gasteiger partial charge is 0.508 e. The molecule has 10 heteroatoms. The average molecular weight is 482 g/mol. The highest BCUT2D eigenvalue weighted by Crippen LogP contribution is 2.61. The first-order valence-electron chi connectivity index (χ1n) is 11.1. The SMILES string of the molecule is COc1cc([C@@H]2[C@@H]3CO[C@]4(O)C(=O)[C@H]2C=C([C@@H]2Oc5cc(O)cc(O)c5C(=O)[C@H]2O)[C@H]34)ccc1O. The van der Waals surface area contributed by atoms with Gasteiger partial charge in [-0.3, -0.25) is 9.59 Å². The Morgan fingerprint density at radius 1 is 1.09 bits per heavy atom. The number of benzene rings is 2. The zero-order valence-electron chi connectivity index (χ0n) is 18.4. The Balaban J connectivity index is 1.46. The molecule has 0 aromatic heterocycles. The van der Waals surface area contributed by atoms with Crippen LogP contribution in [-0.4, -0.2) is 68.8 Å². The van der Waals surface area contributed by atoms with Gasteiger partial charge in [0, 0.05) is 29.9 Å². The number of hydrogen-bond donors (Lipinski definition) is 5. The van der Waals surface area contributed by atoms with Gasteiger partial charge in [-0.1, -0.05) is 12.1 Å². The molecule has 7 rings (SSSR count). The summed E-state index contributed by atoms with van der Waals surface area (Å²) in [4.78, 5) is 26.2. The van der Waals surface area contributed by atoms with Crippen molar-refractivity contribution < 1.29 is 49.3 Å². The second-order valence-electron chi connectivity index (χ2n) is 9.35. The Bertz CT molecular complexity index is 1320. The van der Waals surface area contributed by atoms with E-state index in [1.807, 2.05) is 0 Å². The van der Waals surface area contributed by atoms with Crippen molar-refractivity contribution in [1.29, 1.82) is 0 Å². The van der Waals surface area contributed by atoms with E-state index in [-0.39, 0.29) is 35.2 Å². The highest BCUT2D eigenvalue weighted by Gasteiger charge is 2.69. The Morgan fingerprint density at radius 3 is 2.60 bits per heavy atom. The van der Waals surface area contributed by atoms with Crippen molar-refractivity contribution in [3.8, 4) is 28.7 Å². The third kappa shape index (κ3) is 2.81. The zero-order chi connectivity index (χ0) is 24.8. The van der Waals surface area contributed by atoms with Gasteiger partial charge in [-0.15, -0.1) is 0 Å². The molecule has 2 aromatic carbocycles. The molecular weight excluding hydrogens is 460 g/mol. The van der Waals surface area contributed by atoms with Crippen LogP contribution in [0.5, 0.6) is 28.7 Å². The third-order valence-electron chi connectivity index (χ3n) is 7.62. The van der Waals surface area contributed by atoms with Crippen LogP contribution in [0.15, 0.2) is 42.0 Å². The van der Waals surface area contributed by atoms with Crippen molar-refractivity contribution in [1.82, 2.24) is 0 Å². The Morgan fingerprint density at radius 2 is 1.86 bits per heavy atom. The number of carbonyl (C=O) groups is 2. The van der Waals surface area contributed by atoms with E-state index in [1.54, 1.807) is 18.2 Å². The minimum atomic E-state index is -2.13. The molecule has 182 valence electrons. The molecule has 0 spiro atoms. The van der Waals surface area contributed by atoms with Gasteiger partial charge in [0.25, 0.3) is 0 Å². The molecule has 0 unspecified atom stereocenters. The second-order valence-corrected chi connectivity index (χ2v) is 9.35. The van der Waals surface area contributed by atoms with Gasteiger partial charge in [0.1, 0.15) is 22.8 Å². The van der Waals surface area contributed by atoms with Gasteiger partial charge in [-0.25, -0.2) is 0 Å². The van der Waals surface area contributed by atoms with Gasteiger partial charge >= 0.3 is 0 Å². The Hall–Kier alpha value is -3.60. The van der Waals surface area contributed by atoms with Gasteiger partial charge < -0.3 is 39.7 Å². The number of aliphatic hydroxyl groups excluding tert-OH is 1. The van der Waals surface area contributed by atoms with Crippen LogP contribution in [0.3, 0.4) is 0 Å². The molecule has 10 nitrogen and oxygen atoms in total. The van der Waals surface area contributed by atoms with Gasteiger partial charge in [0.2, 0.25) is 11.6 Å². The van der Waals surface area contributed by atoms with Gasteiger partial charge in [0.15, 0.2) is 29.5 Å². The molecule has 4 bridgehead atoms. The van der Waals surface area contributed by atoms with Crippen molar-refractivity contribution in [2.45, 2.75) is 23.9 Å². The number of aromatic hydroxyl groups is 3.